The first-order valence-electron chi connectivity index (χ1n) is 7.16. The predicted molar refractivity (Wildman–Crippen MR) is 97.6 cm³/mol. The van der Waals surface area contributed by atoms with Crippen molar-refractivity contribution in [2.24, 2.45) is 0 Å². The van der Waals surface area contributed by atoms with Crippen LogP contribution in [0.15, 0.2) is 29.9 Å². The number of aromatic nitrogens is 2. The van der Waals surface area contributed by atoms with Gasteiger partial charge >= 0.3 is 0 Å². The highest BCUT2D eigenvalue weighted by atomic mass is 35.5. The van der Waals surface area contributed by atoms with Gasteiger partial charge in [-0.3, -0.25) is 9.78 Å². The normalized spacial score (nSPS) is 16.3. The molecule has 2 aromatic heterocycles. The largest absolute Gasteiger partial charge is 0.354 e. The lowest BCUT2D eigenvalue weighted by Gasteiger charge is -2.10. The minimum Gasteiger partial charge on any atom is -0.354 e. The average molecular weight is 375 g/mol. The summed E-state index contributed by atoms with van der Waals surface area (Å²) in [7, 11) is 0. The van der Waals surface area contributed by atoms with Crippen LogP contribution in [0.5, 0.6) is 0 Å². The van der Waals surface area contributed by atoms with Gasteiger partial charge in [-0.1, -0.05) is 0 Å². The zero-order valence-electron chi connectivity index (χ0n) is 12.5. The molecular formula is C15H20Cl2N4OS. The SMILES string of the molecule is Cl.Cl.O=C(Cc1csc(-c2cccnc2)n1)NCC1CCCN1. The van der Waals surface area contributed by atoms with Crippen molar-refractivity contribution < 1.29 is 4.79 Å². The van der Waals surface area contributed by atoms with E-state index in [0.29, 0.717) is 19.0 Å². The lowest BCUT2D eigenvalue weighted by atomic mass is 10.2. The zero-order valence-corrected chi connectivity index (χ0v) is 15.0. The number of hydrogen-bond donors (Lipinski definition) is 2. The number of pyridine rings is 1. The van der Waals surface area contributed by atoms with Gasteiger partial charge in [0.05, 0.1) is 12.1 Å². The average Bonchev–Trinajstić information content (AvgIpc) is 3.17. The number of hydrogen-bond acceptors (Lipinski definition) is 5. The number of carbonyl (C=O) groups excluding carboxylic acids is 1. The molecule has 1 atom stereocenters. The number of nitrogens with zero attached hydrogens (tertiary/aromatic N) is 2. The van der Waals surface area contributed by atoms with Crippen molar-refractivity contribution in [3.63, 3.8) is 0 Å². The van der Waals surface area contributed by atoms with Crippen molar-refractivity contribution in [1.29, 1.82) is 0 Å². The van der Waals surface area contributed by atoms with Gasteiger partial charge in [0.15, 0.2) is 0 Å². The molecule has 2 N–H and O–H groups in total. The van der Waals surface area contributed by atoms with Crippen LogP contribution in [0.2, 0.25) is 0 Å². The maximum absolute atomic E-state index is 11.9. The van der Waals surface area contributed by atoms with Crippen molar-refractivity contribution in [3.8, 4) is 10.6 Å². The van der Waals surface area contributed by atoms with Crippen molar-refractivity contribution in [2.45, 2.75) is 25.3 Å². The zero-order chi connectivity index (χ0) is 14.5. The second kappa shape index (κ2) is 9.82. The number of thiazole rings is 1. The second-order valence-electron chi connectivity index (χ2n) is 5.16. The molecule has 1 unspecified atom stereocenters. The second-order valence-corrected chi connectivity index (χ2v) is 6.02. The van der Waals surface area contributed by atoms with Crippen LogP contribution >= 0.6 is 36.2 Å². The molecule has 8 heteroatoms. The molecule has 1 fully saturated rings. The summed E-state index contributed by atoms with van der Waals surface area (Å²) in [5.41, 5.74) is 1.81. The molecule has 2 aromatic rings. The highest BCUT2D eigenvalue weighted by molar-refractivity contribution is 7.13. The van der Waals surface area contributed by atoms with E-state index in [4.69, 9.17) is 0 Å². The minimum atomic E-state index is 0. The third kappa shape index (κ3) is 5.73. The summed E-state index contributed by atoms with van der Waals surface area (Å²) in [5.74, 6) is 0.0340. The lowest BCUT2D eigenvalue weighted by molar-refractivity contribution is -0.120. The van der Waals surface area contributed by atoms with Gasteiger partial charge in [0.2, 0.25) is 5.91 Å². The number of halogens is 2. The van der Waals surface area contributed by atoms with E-state index in [1.54, 1.807) is 23.7 Å². The Balaban J connectivity index is 0.00000132. The Labute approximate surface area is 152 Å². The molecule has 5 nitrogen and oxygen atoms in total. The molecule has 1 amide bonds. The van der Waals surface area contributed by atoms with Gasteiger partial charge in [-0.25, -0.2) is 4.98 Å². The first-order valence-corrected chi connectivity index (χ1v) is 8.04. The molecule has 23 heavy (non-hydrogen) atoms. The molecule has 3 heterocycles. The van der Waals surface area contributed by atoms with E-state index in [2.05, 4.69) is 20.6 Å². The van der Waals surface area contributed by atoms with Crippen LogP contribution in [0.1, 0.15) is 18.5 Å². The summed E-state index contributed by atoms with van der Waals surface area (Å²) in [6.07, 6.45) is 6.20. The molecule has 0 aliphatic carbocycles. The predicted octanol–water partition coefficient (Wildman–Crippen LogP) is 2.46. The van der Waals surface area contributed by atoms with Crippen LogP contribution in [0.4, 0.5) is 0 Å². The molecule has 1 aliphatic heterocycles. The van der Waals surface area contributed by atoms with Crippen LogP contribution in [0.25, 0.3) is 10.6 Å². The van der Waals surface area contributed by atoms with Gasteiger partial charge in [0, 0.05) is 35.9 Å². The van der Waals surface area contributed by atoms with Crippen LogP contribution < -0.4 is 10.6 Å². The summed E-state index contributed by atoms with van der Waals surface area (Å²) < 4.78 is 0. The summed E-state index contributed by atoms with van der Waals surface area (Å²) in [5, 5.41) is 9.19. The van der Waals surface area contributed by atoms with Crippen molar-refractivity contribution in [2.75, 3.05) is 13.1 Å². The Bertz CT molecular complexity index is 603. The monoisotopic (exact) mass is 374 g/mol. The maximum atomic E-state index is 11.9. The number of nitrogens with one attached hydrogen (secondary N) is 2. The Hall–Kier alpha value is -1.21. The van der Waals surface area contributed by atoms with Crippen molar-refractivity contribution in [3.05, 3.63) is 35.6 Å². The maximum Gasteiger partial charge on any atom is 0.226 e. The molecule has 3 rings (SSSR count). The Kier molecular flexibility index (Phi) is 8.47. The van der Waals surface area contributed by atoms with Gasteiger partial charge in [-0.2, -0.15) is 0 Å². The van der Waals surface area contributed by atoms with Crippen LogP contribution in [0.3, 0.4) is 0 Å². The highest BCUT2D eigenvalue weighted by Gasteiger charge is 2.15. The first kappa shape index (κ1) is 19.8. The molecule has 126 valence electrons. The first-order chi connectivity index (χ1) is 10.3. The lowest BCUT2D eigenvalue weighted by Crippen LogP contribution is -2.37. The summed E-state index contributed by atoms with van der Waals surface area (Å²) in [4.78, 5) is 20.5. The van der Waals surface area contributed by atoms with Gasteiger partial charge in [-0.15, -0.1) is 36.2 Å². The van der Waals surface area contributed by atoms with Gasteiger partial charge in [0.25, 0.3) is 0 Å². The third-order valence-corrected chi connectivity index (χ3v) is 4.45. The smallest absolute Gasteiger partial charge is 0.226 e. The molecule has 1 aliphatic rings. The van der Waals surface area contributed by atoms with E-state index < -0.39 is 0 Å². The third-order valence-electron chi connectivity index (χ3n) is 3.51. The standard InChI is InChI=1S/C15H18N4OS.2ClH/c20-14(18-9-12-4-2-6-17-12)7-13-10-21-15(19-13)11-3-1-5-16-8-11;;/h1,3,5,8,10,12,17H,2,4,6-7,9H2,(H,18,20);2*1H. The summed E-state index contributed by atoms with van der Waals surface area (Å²) >= 11 is 1.54. The number of rotatable bonds is 5. The Morgan fingerprint density at radius 1 is 1.43 bits per heavy atom. The minimum absolute atomic E-state index is 0. The molecule has 1 saturated heterocycles. The summed E-state index contributed by atoms with van der Waals surface area (Å²) in [6, 6.07) is 4.29. The van der Waals surface area contributed by atoms with Gasteiger partial charge in [-0.05, 0) is 31.5 Å². The van der Waals surface area contributed by atoms with E-state index >= 15 is 0 Å². The molecule has 0 saturated carbocycles. The van der Waals surface area contributed by atoms with Gasteiger partial charge in [0.1, 0.15) is 5.01 Å². The quantitative estimate of drug-likeness (QED) is 0.843. The molecular weight excluding hydrogens is 355 g/mol. The van der Waals surface area contributed by atoms with E-state index in [1.807, 2.05) is 17.5 Å². The Morgan fingerprint density at radius 3 is 3.00 bits per heavy atom. The van der Waals surface area contributed by atoms with Crippen molar-refractivity contribution in [1.82, 2.24) is 20.6 Å². The summed E-state index contributed by atoms with van der Waals surface area (Å²) in [6.45, 7) is 1.76. The van der Waals surface area contributed by atoms with Gasteiger partial charge < -0.3 is 10.6 Å². The van der Waals surface area contributed by atoms with E-state index in [-0.39, 0.29) is 30.7 Å². The van der Waals surface area contributed by atoms with E-state index in [9.17, 15) is 4.79 Å². The highest BCUT2D eigenvalue weighted by Crippen LogP contribution is 2.22. The van der Waals surface area contributed by atoms with E-state index in [0.717, 1.165) is 29.2 Å². The molecule has 0 bridgehead atoms. The Morgan fingerprint density at radius 2 is 2.30 bits per heavy atom. The van der Waals surface area contributed by atoms with Crippen LogP contribution in [0, 0.1) is 0 Å². The molecule has 0 radical (unpaired) electrons. The van der Waals surface area contributed by atoms with Crippen LogP contribution in [-0.4, -0.2) is 35.0 Å². The van der Waals surface area contributed by atoms with Crippen LogP contribution in [-0.2, 0) is 11.2 Å². The van der Waals surface area contributed by atoms with E-state index in [1.165, 1.54) is 6.42 Å². The fourth-order valence-electron chi connectivity index (χ4n) is 2.40. The van der Waals surface area contributed by atoms with Crippen molar-refractivity contribution >= 4 is 42.1 Å². The number of amides is 1. The number of carbonyl (C=O) groups is 1. The topological polar surface area (TPSA) is 66.9 Å². The fourth-order valence-corrected chi connectivity index (χ4v) is 3.22. The molecule has 0 spiro atoms. The molecule has 0 aromatic carbocycles. The fraction of sp³-hybridized carbons (Fsp3) is 0.400.